The standard InChI is InChI=1S/C46H70O/c1-7-9-11-13-15-17-19-21-28-38-30-23-25-33-42(38)45(3,4)36-40-32-27-35-44(47)41(40)37-46(5,6)43-34-26-24-31-39(43)29-22-20-18-16-14-12-10-8-2/h23-27,30-35,47H,7-22,28-29,36-37H2,1-6H3. The number of hydrogen-bond acceptors (Lipinski definition) is 1. The molecule has 3 aromatic carbocycles. The van der Waals surface area contributed by atoms with E-state index in [0.717, 1.165) is 31.2 Å². The molecule has 0 aliphatic heterocycles. The van der Waals surface area contributed by atoms with Crippen LogP contribution >= 0.6 is 0 Å². The third-order valence-electron chi connectivity index (χ3n) is 10.6. The average Bonchev–Trinajstić information content (AvgIpc) is 3.05. The van der Waals surface area contributed by atoms with Crippen molar-refractivity contribution >= 4 is 0 Å². The molecule has 0 bridgehead atoms. The van der Waals surface area contributed by atoms with Crippen LogP contribution in [0, 0.1) is 0 Å². The van der Waals surface area contributed by atoms with Crippen LogP contribution in [0.2, 0.25) is 0 Å². The second-order valence-electron chi connectivity index (χ2n) is 15.8. The number of rotatable bonds is 24. The highest BCUT2D eigenvalue weighted by molar-refractivity contribution is 5.45. The molecule has 0 aromatic heterocycles. The van der Waals surface area contributed by atoms with Crippen molar-refractivity contribution in [2.24, 2.45) is 0 Å². The quantitative estimate of drug-likeness (QED) is 0.0968. The SMILES string of the molecule is CCCCCCCCCCc1ccccc1C(C)(C)Cc1cccc(O)c1CC(C)(C)c1ccccc1CCCCCCCCCC. The van der Waals surface area contributed by atoms with Crippen molar-refractivity contribution in [3.8, 4) is 5.75 Å². The maximum atomic E-state index is 11.3. The second-order valence-corrected chi connectivity index (χ2v) is 15.8. The molecule has 1 N–H and O–H groups in total. The van der Waals surface area contributed by atoms with Crippen molar-refractivity contribution in [2.45, 2.75) is 181 Å². The molecule has 0 saturated carbocycles. The molecule has 0 spiro atoms. The molecular weight excluding hydrogens is 569 g/mol. The first-order valence-electron chi connectivity index (χ1n) is 19.7. The minimum absolute atomic E-state index is 0.0299. The van der Waals surface area contributed by atoms with Gasteiger partial charge in [-0.2, -0.15) is 0 Å². The van der Waals surface area contributed by atoms with Crippen LogP contribution < -0.4 is 0 Å². The monoisotopic (exact) mass is 639 g/mol. The number of phenols is 1. The fraction of sp³-hybridized carbons (Fsp3) is 0.609. The Balaban J connectivity index is 1.68. The summed E-state index contributed by atoms with van der Waals surface area (Å²) in [5, 5.41) is 11.3. The Morgan fingerprint density at radius 1 is 0.426 bits per heavy atom. The molecule has 3 aromatic rings. The molecule has 0 heterocycles. The van der Waals surface area contributed by atoms with Gasteiger partial charge in [0.1, 0.15) is 5.75 Å². The number of aryl methyl sites for hydroxylation is 2. The Hall–Kier alpha value is -2.54. The van der Waals surface area contributed by atoms with Gasteiger partial charge < -0.3 is 5.11 Å². The molecule has 0 aliphatic rings. The van der Waals surface area contributed by atoms with Crippen molar-refractivity contribution in [3.05, 3.63) is 100 Å². The zero-order chi connectivity index (χ0) is 34.0. The van der Waals surface area contributed by atoms with Crippen LogP contribution in [0.4, 0.5) is 0 Å². The number of unbranched alkanes of at least 4 members (excludes halogenated alkanes) is 14. The van der Waals surface area contributed by atoms with Gasteiger partial charge in [-0.1, -0.05) is 192 Å². The maximum absolute atomic E-state index is 11.3. The summed E-state index contributed by atoms with van der Waals surface area (Å²) in [5.74, 6) is 0.444. The number of hydrogen-bond donors (Lipinski definition) is 1. The summed E-state index contributed by atoms with van der Waals surface area (Å²) >= 11 is 0. The largest absolute Gasteiger partial charge is 0.508 e. The molecule has 0 atom stereocenters. The fourth-order valence-corrected chi connectivity index (χ4v) is 7.80. The average molecular weight is 639 g/mol. The second kappa shape index (κ2) is 20.7. The Morgan fingerprint density at radius 3 is 1.28 bits per heavy atom. The van der Waals surface area contributed by atoms with Gasteiger partial charge in [-0.25, -0.2) is 0 Å². The molecule has 1 nitrogen and oxygen atoms in total. The lowest BCUT2D eigenvalue weighted by atomic mass is 9.72. The number of phenolic OH excluding ortho intramolecular Hbond substituents is 1. The fourth-order valence-electron chi connectivity index (χ4n) is 7.80. The summed E-state index contributed by atoms with van der Waals surface area (Å²) in [7, 11) is 0. The molecule has 3 rings (SSSR count). The van der Waals surface area contributed by atoms with E-state index >= 15 is 0 Å². The van der Waals surface area contributed by atoms with Gasteiger partial charge in [0.15, 0.2) is 0 Å². The van der Waals surface area contributed by atoms with Crippen molar-refractivity contribution in [1.82, 2.24) is 0 Å². The van der Waals surface area contributed by atoms with Crippen LogP contribution in [0.1, 0.15) is 178 Å². The first-order chi connectivity index (χ1) is 22.7. The van der Waals surface area contributed by atoms with Crippen LogP contribution in [0.25, 0.3) is 0 Å². The van der Waals surface area contributed by atoms with Crippen molar-refractivity contribution < 1.29 is 5.11 Å². The van der Waals surface area contributed by atoms with Crippen molar-refractivity contribution in [2.75, 3.05) is 0 Å². The number of aromatic hydroxyl groups is 1. The molecule has 47 heavy (non-hydrogen) atoms. The lowest BCUT2D eigenvalue weighted by molar-refractivity contribution is 0.442. The molecule has 0 saturated heterocycles. The van der Waals surface area contributed by atoms with Crippen LogP contribution in [-0.2, 0) is 36.5 Å². The smallest absolute Gasteiger partial charge is 0.119 e. The molecule has 0 unspecified atom stereocenters. The minimum Gasteiger partial charge on any atom is -0.508 e. The van der Waals surface area contributed by atoms with Gasteiger partial charge in [-0.15, -0.1) is 0 Å². The third-order valence-corrected chi connectivity index (χ3v) is 10.6. The summed E-state index contributed by atoms with van der Waals surface area (Å²) < 4.78 is 0. The van der Waals surface area contributed by atoms with E-state index in [9.17, 15) is 5.11 Å². The molecule has 0 fully saturated rings. The van der Waals surface area contributed by atoms with E-state index in [4.69, 9.17) is 0 Å². The molecule has 0 aliphatic carbocycles. The predicted octanol–water partition coefficient (Wildman–Crippen LogP) is 13.8. The van der Waals surface area contributed by atoms with E-state index in [1.54, 1.807) is 0 Å². The zero-order valence-corrected chi connectivity index (χ0v) is 31.4. The van der Waals surface area contributed by atoms with Crippen LogP contribution in [0.5, 0.6) is 5.75 Å². The summed E-state index contributed by atoms with van der Waals surface area (Å²) in [6.07, 6.45) is 25.7. The number of benzene rings is 3. The molecular formula is C46H70O. The van der Waals surface area contributed by atoms with Gasteiger partial charge in [-0.3, -0.25) is 0 Å². The van der Waals surface area contributed by atoms with E-state index in [1.165, 1.54) is 131 Å². The highest BCUT2D eigenvalue weighted by Crippen LogP contribution is 2.38. The topological polar surface area (TPSA) is 20.2 Å². The van der Waals surface area contributed by atoms with Gasteiger partial charge in [0.05, 0.1) is 0 Å². The first kappa shape index (κ1) is 38.9. The Bertz CT molecular complexity index is 1280. The maximum Gasteiger partial charge on any atom is 0.119 e. The molecule has 1 heteroatoms. The zero-order valence-electron chi connectivity index (χ0n) is 31.4. The lowest BCUT2D eigenvalue weighted by Crippen LogP contribution is -2.26. The molecule has 0 amide bonds. The lowest BCUT2D eigenvalue weighted by Gasteiger charge is -2.32. The van der Waals surface area contributed by atoms with E-state index in [0.29, 0.717) is 5.75 Å². The highest BCUT2D eigenvalue weighted by Gasteiger charge is 2.29. The highest BCUT2D eigenvalue weighted by atomic mass is 16.3. The van der Waals surface area contributed by atoms with Gasteiger partial charge >= 0.3 is 0 Å². The van der Waals surface area contributed by atoms with E-state index < -0.39 is 0 Å². The van der Waals surface area contributed by atoms with E-state index in [2.05, 4.69) is 96.1 Å². The van der Waals surface area contributed by atoms with Crippen molar-refractivity contribution in [1.29, 1.82) is 0 Å². The molecule has 0 radical (unpaired) electrons. The van der Waals surface area contributed by atoms with E-state index in [-0.39, 0.29) is 10.8 Å². The van der Waals surface area contributed by atoms with Gasteiger partial charge in [0.2, 0.25) is 0 Å². The Morgan fingerprint density at radius 2 is 0.809 bits per heavy atom. The van der Waals surface area contributed by atoms with Crippen LogP contribution in [-0.4, -0.2) is 5.11 Å². The summed E-state index contributed by atoms with van der Waals surface area (Å²) in [5.41, 5.74) is 8.18. The van der Waals surface area contributed by atoms with Gasteiger partial charge in [-0.05, 0) is 88.8 Å². The first-order valence-corrected chi connectivity index (χ1v) is 19.7. The predicted molar refractivity (Wildman–Crippen MR) is 207 cm³/mol. The summed E-state index contributed by atoms with van der Waals surface area (Å²) in [6, 6.07) is 24.4. The van der Waals surface area contributed by atoms with Crippen LogP contribution in [0.15, 0.2) is 66.7 Å². The van der Waals surface area contributed by atoms with E-state index in [1.807, 2.05) is 12.1 Å². The molecule has 260 valence electrons. The minimum atomic E-state index is -0.0804. The van der Waals surface area contributed by atoms with Crippen LogP contribution in [0.3, 0.4) is 0 Å². The van der Waals surface area contributed by atoms with Gasteiger partial charge in [0, 0.05) is 0 Å². The Kier molecular flexibility index (Phi) is 17.2. The third kappa shape index (κ3) is 13.1. The summed E-state index contributed by atoms with van der Waals surface area (Å²) in [4.78, 5) is 0. The normalized spacial score (nSPS) is 12.1. The van der Waals surface area contributed by atoms with Crippen molar-refractivity contribution in [3.63, 3.8) is 0 Å². The van der Waals surface area contributed by atoms with Gasteiger partial charge in [0.25, 0.3) is 0 Å². The Labute approximate surface area is 291 Å². The summed E-state index contributed by atoms with van der Waals surface area (Å²) in [6.45, 7) is 14.1.